The molecule has 0 spiro atoms. The summed E-state index contributed by atoms with van der Waals surface area (Å²) >= 11 is 1.29. The Morgan fingerprint density at radius 1 is 1.50 bits per heavy atom. The molecule has 0 saturated heterocycles. The van der Waals surface area contributed by atoms with Crippen LogP contribution in [0.15, 0.2) is 24.4 Å². The van der Waals surface area contributed by atoms with Crippen LogP contribution < -0.4 is 5.32 Å². The van der Waals surface area contributed by atoms with Crippen LogP contribution in [0, 0.1) is 5.92 Å². The van der Waals surface area contributed by atoms with E-state index in [1.807, 2.05) is 0 Å². The second kappa shape index (κ2) is 9.52. The molecule has 0 unspecified atom stereocenters. The molecule has 0 radical (unpaired) electrons. The lowest BCUT2D eigenvalue weighted by Crippen LogP contribution is -2.19. The third kappa shape index (κ3) is 7.57. The largest absolute Gasteiger partial charge is 0.388 e. The number of hydrogen-bond acceptors (Lipinski definition) is 3. The Kier molecular flexibility index (Phi) is 9.10. The van der Waals surface area contributed by atoms with Crippen LogP contribution in [0.3, 0.4) is 0 Å². The van der Waals surface area contributed by atoms with E-state index in [-0.39, 0.29) is 5.12 Å². The summed E-state index contributed by atoms with van der Waals surface area (Å²) < 4.78 is 0. The molecule has 0 aromatic rings. The number of allylic oxidation sites excluding steroid dienone is 1. The molecule has 3 heteroatoms. The van der Waals surface area contributed by atoms with Crippen LogP contribution in [-0.2, 0) is 4.79 Å². The summed E-state index contributed by atoms with van der Waals surface area (Å²) in [5, 5.41) is 3.43. The summed E-state index contributed by atoms with van der Waals surface area (Å²) in [6.45, 7) is 10.9. The van der Waals surface area contributed by atoms with Gasteiger partial charge in [0.25, 0.3) is 0 Å². The molecule has 92 valence electrons. The molecule has 0 rings (SSSR count). The number of rotatable bonds is 8. The van der Waals surface area contributed by atoms with E-state index in [0.717, 1.165) is 25.1 Å². The zero-order valence-electron chi connectivity index (χ0n) is 10.6. The minimum absolute atomic E-state index is 0.104. The molecule has 0 aliphatic heterocycles. The van der Waals surface area contributed by atoms with Crippen molar-refractivity contribution in [1.82, 2.24) is 5.32 Å². The fraction of sp³-hybridized carbons (Fsp3) is 0.615. The van der Waals surface area contributed by atoms with Gasteiger partial charge in [-0.15, -0.1) is 6.58 Å². The van der Waals surface area contributed by atoms with E-state index in [1.54, 1.807) is 12.2 Å². The SMILES string of the molecule is C=CCSC(=O)/C=C(\NCCCC)C(C)C. The second-order valence-electron chi connectivity index (χ2n) is 3.95. The molecule has 0 bridgehead atoms. The van der Waals surface area contributed by atoms with Crippen LogP contribution in [0.25, 0.3) is 0 Å². The summed E-state index contributed by atoms with van der Waals surface area (Å²) in [5.41, 5.74) is 1.04. The van der Waals surface area contributed by atoms with Crippen LogP contribution in [0.4, 0.5) is 0 Å². The lowest BCUT2D eigenvalue weighted by molar-refractivity contribution is -0.107. The molecule has 2 nitrogen and oxygen atoms in total. The van der Waals surface area contributed by atoms with Gasteiger partial charge in [0, 0.05) is 24.1 Å². The third-order valence-electron chi connectivity index (χ3n) is 2.10. The molecular weight excluding hydrogens is 218 g/mol. The van der Waals surface area contributed by atoms with E-state index in [4.69, 9.17) is 0 Å². The van der Waals surface area contributed by atoms with Crippen molar-refractivity contribution >= 4 is 16.9 Å². The summed E-state index contributed by atoms with van der Waals surface area (Å²) in [7, 11) is 0. The number of carbonyl (C=O) groups is 1. The average Bonchev–Trinajstić information content (AvgIpc) is 2.25. The summed E-state index contributed by atoms with van der Waals surface area (Å²) in [4.78, 5) is 11.5. The van der Waals surface area contributed by atoms with Gasteiger partial charge in [0.15, 0.2) is 0 Å². The fourth-order valence-electron chi connectivity index (χ4n) is 1.14. The van der Waals surface area contributed by atoms with Gasteiger partial charge in [0.2, 0.25) is 5.12 Å². The molecule has 16 heavy (non-hydrogen) atoms. The Morgan fingerprint density at radius 3 is 2.69 bits per heavy atom. The predicted octanol–water partition coefficient (Wildman–Crippen LogP) is 3.36. The molecule has 0 heterocycles. The van der Waals surface area contributed by atoms with Crippen LogP contribution in [0.5, 0.6) is 0 Å². The zero-order valence-corrected chi connectivity index (χ0v) is 11.4. The summed E-state index contributed by atoms with van der Waals surface area (Å²) in [5.74, 6) is 1.04. The van der Waals surface area contributed by atoms with E-state index < -0.39 is 0 Å². The van der Waals surface area contributed by atoms with Crippen molar-refractivity contribution in [3.05, 3.63) is 24.4 Å². The lowest BCUT2D eigenvalue weighted by Gasteiger charge is -2.13. The minimum atomic E-state index is 0.104. The molecule has 0 saturated carbocycles. The number of carbonyl (C=O) groups excluding carboxylic acids is 1. The van der Waals surface area contributed by atoms with E-state index in [9.17, 15) is 4.79 Å². The molecule has 0 aliphatic rings. The van der Waals surface area contributed by atoms with Crippen LogP contribution >= 0.6 is 11.8 Å². The standard InChI is InChI=1S/C13H23NOS/c1-5-7-8-14-12(11(3)4)10-13(15)16-9-6-2/h6,10-11,14H,2,5,7-9H2,1,3-4H3/b12-10-. The van der Waals surface area contributed by atoms with E-state index >= 15 is 0 Å². The van der Waals surface area contributed by atoms with Crippen LogP contribution in [0.1, 0.15) is 33.6 Å². The Hall–Kier alpha value is -0.700. The minimum Gasteiger partial charge on any atom is -0.388 e. The van der Waals surface area contributed by atoms with Gasteiger partial charge in [0.1, 0.15) is 0 Å². The predicted molar refractivity (Wildman–Crippen MR) is 73.5 cm³/mol. The highest BCUT2D eigenvalue weighted by molar-refractivity contribution is 8.14. The van der Waals surface area contributed by atoms with Crippen molar-refractivity contribution < 1.29 is 4.79 Å². The van der Waals surface area contributed by atoms with E-state index in [1.165, 1.54) is 11.8 Å². The number of hydrogen-bond donors (Lipinski definition) is 1. The summed E-state index contributed by atoms with van der Waals surface area (Å²) in [6.07, 6.45) is 5.76. The first-order valence-electron chi connectivity index (χ1n) is 5.84. The zero-order chi connectivity index (χ0) is 12.4. The Bertz CT molecular complexity index is 246. The van der Waals surface area contributed by atoms with Gasteiger partial charge in [-0.1, -0.05) is 45.0 Å². The van der Waals surface area contributed by atoms with E-state index in [2.05, 4.69) is 32.7 Å². The van der Waals surface area contributed by atoms with Gasteiger partial charge in [-0.05, 0) is 12.3 Å². The smallest absolute Gasteiger partial charge is 0.214 e. The molecule has 0 amide bonds. The molecular formula is C13H23NOS. The van der Waals surface area contributed by atoms with Crippen molar-refractivity contribution in [1.29, 1.82) is 0 Å². The summed E-state index contributed by atoms with van der Waals surface area (Å²) in [6, 6.07) is 0. The van der Waals surface area contributed by atoms with Crippen molar-refractivity contribution in [2.75, 3.05) is 12.3 Å². The maximum absolute atomic E-state index is 11.5. The average molecular weight is 241 g/mol. The quantitative estimate of drug-likeness (QED) is 0.401. The van der Waals surface area contributed by atoms with Crippen molar-refractivity contribution in [2.24, 2.45) is 5.92 Å². The van der Waals surface area contributed by atoms with Gasteiger partial charge >= 0.3 is 0 Å². The molecule has 0 aromatic heterocycles. The third-order valence-corrected chi connectivity index (χ3v) is 2.90. The highest BCUT2D eigenvalue weighted by atomic mass is 32.2. The first-order chi connectivity index (χ1) is 7.61. The van der Waals surface area contributed by atoms with Crippen LogP contribution in [-0.4, -0.2) is 17.4 Å². The topological polar surface area (TPSA) is 29.1 Å². The van der Waals surface area contributed by atoms with Gasteiger partial charge in [0.05, 0.1) is 0 Å². The lowest BCUT2D eigenvalue weighted by atomic mass is 10.1. The van der Waals surface area contributed by atoms with Gasteiger partial charge < -0.3 is 5.32 Å². The maximum atomic E-state index is 11.5. The Morgan fingerprint density at radius 2 is 2.19 bits per heavy atom. The highest BCUT2D eigenvalue weighted by Crippen LogP contribution is 2.10. The molecule has 0 atom stereocenters. The monoisotopic (exact) mass is 241 g/mol. The molecule has 1 N–H and O–H groups in total. The van der Waals surface area contributed by atoms with Gasteiger partial charge in [-0.3, -0.25) is 4.79 Å². The fourth-order valence-corrected chi connectivity index (χ4v) is 1.63. The normalized spacial score (nSPS) is 11.6. The molecule has 0 fully saturated rings. The van der Waals surface area contributed by atoms with E-state index in [0.29, 0.717) is 11.7 Å². The Balaban J connectivity index is 4.21. The molecule has 0 aliphatic carbocycles. The van der Waals surface area contributed by atoms with Crippen molar-refractivity contribution in [3.63, 3.8) is 0 Å². The second-order valence-corrected chi connectivity index (χ2v) is 4.98. The maximum Gasteiger partial charge on any atom is 0.214 e. The van der Waals surface area contributed by atoms with Gasteiger partial charge in [-0.25, -0.2) is 0 Å². The highest BCUT2D eigenvalue weighted by Gasteiger charge is 2.05. The Labute approximate surface area is 104 Å². The van der Waals surface area contributed by atoms with Gasteiger partial charge in [-0.2, -0.15) is 0 Å². The number of thioether (sulfide) groups is 1. The first-order valence-corrected chi connectivity index (χ1v) is 6.83. The van der Waals surface area contributed by atoms with Crippen molar-refractivity contribution in [3.8, 4) is 0 Å². The number of unbranched alkanes of at least 4 members (excludes halogenated alkanes) is 1. The number of nitrogens with one attached hydrogen (secondary N) is 1. The molecule has 0 aromatic carbocycles. The first kappa shape index (κ1) is 15.3. The van der Waals surface area contributed by atoms with Crippen LogP contribution in [0.2, 0.25) is 0 Å². The van der Waals surface area contributed by atoms with Crippen molar-refractivity contribution in [2.45, 2.75) is 33.6 Å².